The number of halogens is 1. The van der Waals surface area contributed by atoms with Crippen molar-refractivity contribution in [2.24, 2.45) is 0 Å². The van der Waals surface area contributed by atoms with E-state index in [1.54, 1.807) is 0 Å². The second-order valence-electron chi connectivity index (χ2n) is 10.9. The fourth-order valence-corrected chi connectivity index (χ4v) is 4.98. The molecule has 0 radical (unpaired) electrons. The van der Waals surface area contributed by atoms with Gasteiger partial charge in [0.2, 0.25) is 5.88 Å². The largest absolute Gasteiger partial charge is 0.471 e. The van der Waals surface area contributed by atoms with Crippen LogP contribution in [0, 0.1) is 5.82 Å². The molecular formula is C26H37FN4O6SSi. The zero-order valence-corrected chi connectivity index (χ0v) is 25.1. The number of aromatic nitrogens is 1. The molecule has 1 aliphatic carbocycles. The maximum atomic E-state index is 14.4. The number of nitrogens with zero attached hydrogens (tertiary/aromatic N) is 1. The zero-order chi connectivity index (χ0) is 28.8. The third-order valence-electron chi connectivity index (χ3n) is 6.74. The van der Waals surface area contributed by atoms with Crippen molar-refractivity contribution < 1.29 is 32.7 Å². The van der Waals surface area contributed by atoms with E-state index in [4.69, 9.17) is 13.9 Å². The van der Waals surface area contributed by atoms with Crippen LogP contribution in [0.3, 0.4) is 0 Å². The van der Waals surface area contributed by atoms with Gasteiger partial charge in [-0.25, -0.2) is 14.0 Å². The van der Waals surface area contributed by atoms with E-state index >= 15 is 0 Å². The van der Waals surface area contributed by atoms with Crippen LogP contribution in [0.5, 0.6) is 5.88 Å². The van der Waals surface area contributed by atoms with E-state index < -0.39 is 26.1 Å². The lowest BCUT2D eigenvalue weighted by Gasteiger charge is -2.36. The van der Waals surface area contributed by atoms with Crippen LogP contribution in [-0.2, 0) is 15.8 Å². The minimum atomic E-state index is -1.86. The molecular weight excluding hydrogens is 543 g/mol. The Morgan fingerprint density at radius 3 is 2.56 bits per heavy atom. The first-order valence-electron chi connectivity index (χ1n) is 12.8. The van der Waals surface area contributed by atoms with Crippen molar-refractivity contribution in [2.75, 3.05) is 25.6 Å². The van der Waals surface area contributed by atoms with E-state index in [-0.39, 0.29) is 45.6 Å². The molecule has 0 aliphatic heterocycles. The van der Waals surface area contributed by atoms with Crippen molar-refractivity contribution in [1.29, 1.82) is 0 Å². The lowest BCUT2D eigenvalue weighted by molar-refractivity contribution is 0.0596. The number of urea groups is 1. The van der Waals surface area contributed by atoms with E-state index in [9.17, 15) is 18.8 Å². The first-order chi connectivity index (χ1) is 18.3. The summed E-state index contributed by atoms with van der Waals surface area (Å²) >= 11 is 0.834. The van der Waals surface area contributed by atoms with Crippen LogP contribution in [0.2, 0.25) is 18.1 Å². The zero-order valence-electron chi connectivity index (χ0n) is 23.2. The topological polar surface area (TPSA) is 128 Å². The molecule has 0 bridgehead atoms. The summed E-state index contributed by atoms with van der Waals surface area (Å²) in [5.41, 5.74) is 0.346. The van der Waals surface area contributed by atoms with E-state index in [2.05, 4.69) is 54.2 Å². The molecule has 1 saturated carbocycles. The third kappa shape index (κ3) is 8.47. The third-order valence-corrected chi connectivity index (χ3v) is 12.0. The minimum Gasteiger partial charge on any atom is -0.471 e. The summed E-state index contributed by atoms with van der Waals surface area (Å²) in [5, 5.41) is 8.42. The van der Waals surface area contributed by atoms with Gasteiger partial charge >= 0.3 is 12.0 Å². The highest BCUT2D eigenvalue weighted by atomic mass is 32.1. The monoisotopic (exact) mass is 580 g/mol. The molecule has 1 fully saturated rings. The number of rotatable bonds is 12. The number of hydrogen-bond acceptors (Lipinski definition) is 8. The Morgan fingerprint density at radius 1 is 1.21 bits per heavy atom. The van der Waals surface area contributed by atoms with Crippen LogP contribution < -0.4 is 20.7 Å². The van der Waals surface area contributed by atoms with Crippen LogP contribution in [0.1, 0.15) is 66.3 Å². The average molecular weight is 581 g/mol. The molecule has 0 saturated heterocycles. The SMILES string of the molecule is COC(=O)c1c(OCc2cc(C(=O)NC3CC3)ccc2F)nsc1NC(=O)NCCCO[Si](C)(C)C(C)(C)C. The maximum absolute atomic E-state index is 14.4. The molecule has 1 heterocycles. The molecule has 3 amide bonds. The number of benzene rings is 1. The average Bonchev–Trinajstić information content (AvgIpc) is 3.59. The number of nitrogens with one attached hydrogen (secondary N) is 3. The molecule has 2 aromatic rings. The van der Waals surface area contributed by atoms with Gasteiger partial charge in [0.1, 0.15) is 17.4 Å². The smallest absolute Gasteiger partial charge is 0.346 e. The first-order valence-corrected chi connectivity index (χ1v) is 16.5. The predicted molar refractivity (Wildman–Crippen MR) is 149 cm³/mol. The van der Waals surface area contributed by atoms with Crippen molar-refractivity contribution in [2.45, 2.75) is 70.8 Å². The Bertz CT molecular complexity index is 1200. The molecule has 0 spiro atoms. The lowest BCUT2D eigenvalue weighted by Crippen LogP contribution is -2.41. The van der Waals surface area contributed by atoms with Gasteiger partial charge in [-0.05, 0) is 67.1 Å². The highest BCUT2D eigenvalue weighted by Gasteiger charge is 2.36. The molecule has 3 N–H and O–H groups in total. The van der Waals surface area contributed by atoms with E-state index in [1.807, 2.05) is 0 Å². The van der Waals surface area contributed by atoms with Crippen LogP contribution in [0.15, 0.2) is 18.2 Å². The fraction of sp³-hybridized carbons (Fsp3) is 0.538. The fourth-order valence-electron chi connectivity index (χ4n) is 3.18. The van der Waals surface area contributed by atoms with Crippen molar-refractivity contribution in [3.8, 4) is 5.88 Å². The summed E-state index contributed by atoms with van der Waals surface area (Å²) < 4.78 is 35.1. The number of hydrogen-bond donors (Lipinski definition) is 3. The highest BCUT2D eigenvalue weighted by Crippen LogP contribution is 2.36. The van der Waals surface area contributed by atoms with Crippen LogP contribution in [0.4, 0.5) is 14.2 Å². The van der Waals surface area contributed by atoms with E-state index in [1.165, 1.54) is 25.3 Å². The number of carbonyl (C=O) groups excluding carboxylic acids is 3. The summed E-state index contributed by atoms with van der Waals surface area (Å²) in [6.07, 6.45) is 2.50. The standard InChI is InChI=1S/C26H37FN4O6SSi/c1-26(2,3)39(5,6)37-13-7-12-28-25(34)30-23-20(24(33)35-4)22(31-38-23)36-15-17-14-16(8-11-19(17)27)21(32)29-18-9-10-18/h8,11,14,18H,7,9-10,12-13,15H2,1-6H3,(H,29,32)(H2,28,30,34). The molecule has 1 aliphatic rings. The second-order valence-corrected chi connectivity index (χ2v) is 16.5. The number of ether oxygens (including phenoxy) is 2. The highest BCUT2D eigenvalue weighted by molar-refractivity contribution is 7.11. The minimum absolute atomic E-state index is 0.0815. The normalized spacial score (nSPS) is 13.5. The Morgan fingerprint density at radius 2 is 1.92 bits per heavy atom. The Labute approximate surface area is 233 Å². The summed E-state index contributed by atoms with van der Waals surface area (Å²) in [4.78, 5) is 37.2. The summed E-state index contributed by atoms with van der Waals surface area (Å²) in [6, 6.07) is 3.64. The Hall–Kier alpha value is -3.03. The van der Waals surface area contributed by atoms with Gasteiger partial charge in [-0.1, -0.05) is 20.8 Å². The van der Waals surface area contributed by atoms with Crippen molar-refractivity contribution in [1.82, 2.24) is 15.0 Å². The summed E-state index contributed by atoms with van der Waals surface area (Å²) in [7, 11) is -0.665. The Balaban J connectivity index is 1.58. The van der Waals surface area contributed by atoms with Gasteiger partial charge < -0.3 is 24.5 Å². The number of carbonyl (C=O) groups is 3. The van der Waals surface area contributed by atoms with Gasteiger partial charge in [0.05, 0.1) is 7.11 Å². The molecule has 13 heteroatoms. The molecule has 0 atom stereocenters. The number of anilines is 1. The molecule has 1 aromatic carbocycles. The van der Waals surface area contributed by atoms with Crippen LogP contribution in [-0.4, -0.2) is 56.9 Å². The molecule has 1 aromatic heterocycles. The van der Waals surface area contributed by atoms with Crippen molar-refractivity contribution in [3.05, 3.63) is 40.7 Å². The first kappa shape index (κ1) is 30.5. The van der Waals surface area contributed by atoms with Gasteiger partial charge in [-0.15, -0.1) is 0 Å². The van der Waals surface area contributed by atoms with Gasteiger partial charge in [-0.3, -0.25) is 10.1 Å². The van der Waals surface area contributed by atoms with Crippen molar-refractivity contribution >= 4 is 42.8 Å². The maximum Gasteiger partial charge on any atom is 0.346 e. The second kappa shape index (κ2) is 12.9. The predicted octanol–water partition coefficient (Wildman–Crippen LogP) is 5.07. The van der Waals surface area contributed by atoms with Gasteiger partial charge in [0, 0.05) is 30.3 Å². The van der Waals surface area contributed by atoms with E-state index in [0.717, 1.165) is 24.4 Å². The quantitative estimate of drug-likeness (QED) is 0.182. The summed E-state index contributed by atoms with van der Waals surface area (Å²) in [6.45, 7) is 11.5. The van der Waals surface area contributed by atoms with E-state index in [0.29, 0.717) is 25.1 Å². The van der Waals surface area contributed by atoms with Gasteiger partial charge in [0.25, 0.3) is 5.91 Å². The molecule has 10 nitrogen and oxygen atoms in total. The van der Waals surface area contributed by atoms with Crippen LogP contribution in [0.25, 0.3) is 0 Å². The molecule has 39 heavy (non-hydrogen) atoms. The molecule has 0 unspecified atom stereocenters. The Kier molecular flexibility index (Phi) is 10.1. The number of methoxy groups -OCH3 is 1. The summed E-state index contributed by atoms with van der Waals surface area (Å²) in [5.74, 6) is -1.73. The molecule has 214 valence electrons. The van der Waals surface area contributed by atoms with Gasteiger partial charge in [-0.2, -0.15) is 4.37 Å². The number of esters is 1. The number of amides is 3. The molecule has 3 rings (SSSR count). The van der Waals surface area contributed by atoms with Crippen LogP contribution >= 0.6 is 11.5 Å². The van der Waals surface area contributed by atoms with Gasteiger partial charge in [0.15, 0.2) is 13.9 Å². The lowest BCUT2D eigenvalue weighted by atomic mass is 10.1. The van der Waals surface area contributed by atoms with Crippen molar-refractivity contribution in [3.63, 3.8) is 0 Å².